The van der Waals surface area contributed by atoms with Crippen molar-refractivity contribution in [2.75, 3.05) is 6.54 Å². The normalized spacial score (nSPS) is 22.1. The fourth-order valence-electron chi connectivity index (χ4n) is 3.43. The second kappa shape index (κ2) is 6.92. The quantitative estimate of drug-likeness (QED) is 0.751. The van der Waals surface area contributed by atoms with Gasteiger partial charge in [-0.05, 0) is 30.7 Å². The molecular weight excluding hydrogens is 246 g/mol. The maximum atomic E-state index is 12.3. The Morgan fingerprint density at radius 2 is 1.95 bits per heavy atom. The average molecular weight is 273 g/mol. The molecule has 0 aromatic heterocycles. The molecular formula is C18H27NO. The van der Waals surface area contributed by atoms with Gasteiger partial charge in [0.2, 0.25) is 5.91 Å². The largest absolute Gasteiger partial charge is 0.336 e. The second-order valence-corrected chi connectivity index (χ2v) is 6.33. The fourth-order valence-corrected chi connectivity index (χ4v) is 3.43. The van der Waals surface area contributed by atoms with Gasteiger partial charge in [0.25, 0.3) is 0 Å². The summed E-state index contributed by atoms with van der Waals surface area (Å²) < 4.78 is 0. The molecule has 1 aliphatic heterocycles. The van der Waals surface area contributed by atoms with Gasteiger partial charge in [0.05, 0.1) is 6.04 Å². The first-order valence-electron chi connectivity index (χ1n) is 7.96. The Hall–Kier alpha value is -1.31. The number of hydrogen-bond acceptors (Lipinski definition) is 1. The molecule has 1 aliphatic rings. The summed E-state index contributed by atoms with van der Waals surface area (Å²) in [5, 5.41) is 0. The molecule has 0 aliphatic carbocycles. The van der Waals surface area contributed by atoms with Crippen molar-refractivity contribution in [3.8, 4) is 0 Å². The number of likely N-dealkylation sites (tertiary alicyclic amines) is 1. The number of hydrogen-bond donors (Lipinski definition) is 0. The first-order chi connectivity index (χ1) is 9.61. The van der Waals surface area contributed by atoms with Crippen LogP contribution in [0.15, 0.2) is 30.3 Å². The standard InChI is InChI=1S/C18H27NO/c1-4-8-14(2)11-16-12-18(20)19(13-16)15(3)17-9-6-5-7-10-17/h5-7,9-10,14-16H,4,8,11-13H2,1-3H3/t14?,15-,16-/m0/s1. The maximum Gasteiger partial charge on any atom is 0.223 e. The van der Waals surface area contributed by atoms with E-state index < -0.39 is 0 Å². The summed E-state index contributed by atoms with van der Waals surface area (Å²) in [6.45, 7) is 7.63. The number of nitrogens with zero attached hydrogens (tertiary/aromatic N) is 1. The highest BCUT2D eigenvalue weighted by molar-refractivity contribution is 5.79. The summed E-state index contributed by atoms with van der Waals surface area (Å²) in [4.78, 5) is 14.3. The third-order valence-electron chi connectivity index (χ3n) is 4.51. The van der Waals surface area contributed by atoms with Crippen LogP contribution in [0.5, 0.6) is 0 Å². The lowest BCUT2D eigenvalue weighted by Gasteiger charge is -2.25. The van der Waals surface area contributed by atoms with E-state index in [2.05, 4.69) is 37.8 Å². The first kappa shape index (κ1) is 15.1. The monoisotopic (exact) mass is 273 g/mol. The summed E-state index contributed by atoms with van der Waals surface area (Å²) in [7, 11) is 0. The van der Waals surface area contributed by atoms with Gasteiger partial charge in [-0.1, -0.05) is 57.0 Å². The summed E-state index contributed by atoms with van der Waals surface area (Å²) in [5.74, 6) is 1.62. The van der Waals surface area contributed by atoms with Crippen molar-refractivity contribution in [3.05, 3.63) is 35.9 Å². The van der Waals surface area contributed by atoms with E-state index >= 15 is 0 Å². The van der Waals surface area contributed by atoms with Crippen LogP contribution < -0.4 is 0 Å². The van der Waals surface area contributed by atoms with Crippen LogP contribution >= 0.6 is 0 Å². The lowest BCUT2D eigenvalue weighted by atomic mass is 9.92. The molecule has 3 atom stereocenters. The van der Waals surface area contributed by atoms with Crippen LogP contribution in [0.3, 0.4) is 0 Å². The molecule has 0 saturated carbocycles. The highest BCUT2D eigenvalue weighted by Gasteiger charge is 2.33. The van der Waals surface area contributed by atoms with Crippen molar-refractivity contribution >= 4 is 5.91 Å². The van der Waals surface area contributed by atoms with E-state index in [-0.39, 0.29) is 6.04 Å². The van der Waals surface area contributed by atoms with Crippen LogP contribution in [0.2, 0.25) is 0 Å². The van der Waals surface area contributed by atoms with Gasteiger partial charge in [-0.3, -0.25) is 4.79 Å². The van der Waals surface area contributed by atoms with Gasteiger partial charge in [-0.25, -0.2) is 0 Å². The van der Waals surface area contributed by atoms with Gasteiger partial charge in [-0.2, -0.15) is 0 Å². The Morgan fingerprint density at radius 3 is 2.60 bits per heavy atom. The summed E-state index contributed by atoms with van der Waals surface area (Å²) >= 11 is 0. The Bertz CT molecular complexity index is 428. The van der Waals surface area contributed by atoms with E-state index in [1.54, 1.807) is 0 Å². The van der Waals surface area contributed by atoms with Gasteiger partial charge in [-0.15, -0.1) is 0 Å². The van der Waals surface area contributed by atoms with Gasteiger partial charge in [0.1, 0.15) is 0 Å². The molecule has 1 heterocycles. The van der Waals surface area contributed by atoms with E-state index in [0.29, 0.717) is 11.8 Å². The third-order valence-corrected chi connectivity index (χ3v) is 4.51. The van der Waals surface area contributed by atoms with Crippen LogP contribution in [-0.4, -0.2) is 17.4 Å². The smallest absolute Gasteiger partial charge is 0.223 e. The molecule has 1 aromatic carbocycles. The second-order valence-electron chi connectivity index (χ2n) is 6.33. The summed E-state index contributed by atoms with van der Waals surface area (Å²) in [6, 6.07) is 10.6. The molecule has 0 bridgehead atoms. The van der Waals surface area contributed by atoms with Crippen molar-refractivity contribution < 1.29 is 4.79 Å². The first-order valence-corrected chi connectivity index (χ1v) is 7.96. The highest BCUT2D eigenvalue weighted by atomic mass is 16.2. The van der Waals surface area contributed by atoms with Gasteiger partial charge >= 0.3 is 0 Å². The fraction of sp³-hybridized carbons (Fsp3) is 0.611. The topological polar surface area (TPSA) is 20.3 Å². The van der Waals surface area contributed by atoms with Crippen molar-refractivity contribution in [3.63, 3.8) is 0 Å². The van der Waals surface area contributed by atoms with Crippen LogP contribution in [0.1, 0.15) is 58.1 Å². The molecule has 2 nitrogen and oxygen atoms in total. The molecule has 0 radical (unpaired) electrons. The van der Waals surface area contributed by atoms with Crippen LogP contribution in [-0.2, 0) is 4.79 Å². The zero-order chi connectivity index (χ0) is 14.5. The minimum absolute atomic E-state index is 0.204. The van der Waals surface area contributed by atoms with Crippen molar-refractivity contribution in [2.45, 2.75) is 52.5 Å². The SMILES string of the molecule is CCCC(C)C[C@H]1CC(=O)N([C@@H](C)c2ccccc2)C1. The molecule has 1 fully saturated rings. The minimum atomic E-state index is 0.204. The van der Waals surface area contributed by atoms with Crippen LogP contribution in [0.4, 0.5) is 0 Å². The molecule has 110 valence electrons. The van der Waals surface area contributed by atoms with E-state index in [1.807, 2.05) is 18.2 Å². The lowest BCUT2D eigenvalue weighted by molar-refractivity contribution is -0.129. The van der Waals surface area contributed by atoms with E-state index in [9.17, 15) is 4.79 Å². The number of carbonyl (C=O) groups is 1. The zero-order valence-corrected chi connectivity index (χ0v) is 13.0. The van der Waals surface area contributed by atoms with Gasteiger partial charge < -0.3 is 4.90 Å². The molecule has 0 N–H and O–H groups in total. The van der Waals surface area contributed by atoms with Crippen molar-refractivity contribution in [1.82, 2.24) is 4.90 Å². The predicted molar refractivity (Wildman–Crippen MR) is 83.4 cm³/mol. The van der Waals surface area contributed by atoms with E-state index in [0.717, 1.165) is 18.9 Å². The maximum absolute atomic E-state index is 12.3. The van der Waals surface area contributed by atoms with E-state index in [4.69, 9.17) is 0 Å². The van der Waals surface area contributed by atoms with Crippen LogP contribution in [0, 0.1) is 11.8 Å². The van der Waals surface area contributed by atoms with Crippen molar-refractivity contribution in [1.29, 1.82) is 0 Å². The molecule has 1 aromatic rings. The molecule has 1 unspecified atom stereocenters. The average Bonchev–Trinajstić information content (AvgIpc) is 2.80. The number of carbonyl (C=O) groups excluding carboxylic acids is 1. The molecule has 1 amide bonds. The molecule has 20 heavy (non-hydrogen) atoms. The Kier molecular flexibility index (Phi) is 5.22. The Balaban J connectivity index is 1.95. The summed E-state index contributed by atoms with van der Waals surface area (Å²) in [6.07, 6.45) is 4.45. The van der Waals surface area contributed by atoms with Crippen LogP contribution in [0.25, 0.3) is 0 Å². The number of amides is 1. The Morgan fingerprint density at radius 1 is 1.25 bits per heavy atom. The predicted octanol–water partition coefficient (Wildman–Crippen LogP) is 4.42. The third kappa shape index (κ3) is 3.62. The molecule has 1 saturated heterocycles. The van der Waals surface area contributed by atoms with Gasteiger partial charge in [0.15, 0.2) is 0 Å². The number of rotatable bonds is 6. The highest BCUT2D eigenvalue weighted by Crippen LogP contribution is 2.32. The minimum Gasteiger partial charge on any atom is -0.336 e. The lowest BCUT2D eigenvalue weighted by Crippen LogP contribution is -2.28. The van der Waals surface area contributed by atoms with Gasteiger partial charge in [0, 0.05) is 13.0 Å². The number of benzene rings is 1. The summed E-state index contributed by atoms with van der Waals surface area (Å²) in [5.41, 5.74) is 1.24. The Labute approximate surface area is 123 Å². The molecule has 2 rings (SSSR count). The molecule has 2 heteroatoms. The van der Waals surface area contributed by atoms with Crippen molar-refractivity contribution in [2.24, 2.45) is 11.8 Å². The molecule has 0 spiro atoms. The zero-order valence-electron chi connectivity index (χ0n) is 13.0. The van der Waals surface area contributed by atoms with E-state index in [1.165, 1.54) is 24.8 Å².